The molecule has 3 aromatic heterocycles. The Kier molecular flexibility index (Phi) is 4.64. The Balaban J connectivity index is 1.92. The molecule has 0 amide bonds. The molecule has 0 saturated carbocycles. The van der Waals surface area contributed by atoms with Crippen LogP contribution in [-0.2, 0) is 4.74 Å². The molecule has 1 N–H and O–H groups in total. The van der Waals surface area contributed by atoms with E-state index in [4.69, 9.17) is 14.2 Å². The quantitative estimate of drug-likeness (QED) is 0.706. The van der Waals surface area contributed by atoms with Crippen LogP contribution in [0.2, 0.25) is 0 Å². The molecule has 0 radical (unpaired) electrons. The standard InChI is InChI=1S/C16H17N5O4/c1-4-24-16(22)25-12-8-21-14(10(12)2)15(18-9-19-21)20-11-5-6-13(23-3)17-7-11/h5-9H,4H2,1-3H3,(H,18,19,20). The number of nitrogens with one attached hydrogen (secondary N) is 1. The van der Waals surface area contributed by atoms with Crippen LogP contribution < -0.4 is 14.8 Å². The van der Waals surface area contributed by atoms with Gasteiger partial charge in [-0.3, -0.25) is 0 Å². The summed E-state index contributed by atoms with van der Waals surface area (Å²) in [4.78, 5) is 20.0. The minimum atomic E-state index is -0.761. The molecule has 0 aliphatic rings. The van der Waals surface area contributed by atoms with E-state index >= 15 is 0 Å². The average molecular weight is 343 g/mol. The maximum Gasteiger partial charge on any atom is 0.513 e. The van der Waals surface area contributed by atoms with E-state index in [9.17, 15) is 4.79 Å². The van der Waals surface area contributed by atoms with E-state index in [2.05, 4.69) is 20.4 Å². The van der Waals surface area contributed by atoms with Crippen LogP contribution in [0.1, 0.15) is 12.5 Å². The normalized spacial score (nSPS) is 10.5. The van der Waals surface area contributed by atoms with E-state index in [0.717, 1.165) is 5.69 Å². The van der Waals surface area contributed by atoms with E-state index in [1.54, 1.807) is 37.0 Å². The first kappa shape index (κ1) is 16.5. The fourth-order valence-corrected chi connectivity index (χ4v) is 2.28. The number of rotatable bonds is 5. The monoisotopic (exact) mass is 343 g/mol. The molecule has 3 heterocycles. The van der Waals surface area contributed by atoms with Crippen molar-refractivity contribution in [2.45, 2.75) is 13.8 Å². The number of hydrogen-bond donors (Lipinski definition) is 1. The van der Waals surface area contributed by atoms with Crippen molar-refractivity contribution < 1.29 is 19.0 Å². The minimum Gasteiger partial charge on any atom is -0.481 e. The second-order valence-electron chi connectivity index (χ2n) is 5.02. The number of ether oxygens (including phenoxy) is 3. The first-order chi connectivity index (χ1) is 12.1. The Morgan fingerprint density at radius 2 is 2.16 bits per heavy atom. The SMILES string of the molecule is CCOC(=O)Oc1cn2ncnc(Nc3ccc(OC)nc3)c2c1C. The molecule has 0 bridgehead atoms. The smallest absolute Gasteiger partial charge is 0.481 e. The third-order valence-electron chi connectivity index (χ3n) is 3.44. The van der Waals surface area contributed by atoms with Gasteiger partial charge in [-0.15, -0.1) is 0 Å². The highest BCUT2D eigenvalue weighted by Crippen LogP contribution is 2.30. The number of nitrogens with zero attached hydrogens (tertiary/aromatic N) is 4. The maximum absolute atomic E-state index is 11.6. The predicted molar refractivity (Wildman–Crippen MR) is 89.4 cm³/mol. The van der Waals surface area contributed by atoms with E-state index in [-0.39, 0.29) is 6.61 Å². The number of carbonyl (C=O) groups is 1. The van der Waals surface area contributed by atoms with E-state index in [1.807, 2.05) is 13.0 Å². The number of anilines is 2. The molecule has 25 heavy (non-hydrogen) atoms. The summed E-state index contributed by atoms with van der Waals surface area (Å²) in [6.07, 6.45) is 3.87. The van der Waals surface area contributed by atoms with E-state index in [1.165, 1.54) is 6.33 Å². The maximum atomic E-state index is 11.6. The van der Waals surface area contributed by atoms with Crippen LogP contribution in [0.5, 0.6) is 11.6 Å². The molecule has 0 unspecified atom stereocenters. The zero-order chi connectivity index (χ0) is 17.8. The van der Waals surface area contributed by atoms with Crippen molar-refractivity contribution in [3.8, 4) is 11.6 Å². The molecule has 0 aromatic carbocycles. The van der Waals surface area contributed by atoms with E-state index in [0.29, 0.717) is 28.5 Å². The fraction of sp³-hybridized carbons (Fsp3) is 0.250. The lowest BCUT2D eigenvalue weighted by Crippen LogP contribution is -2.10. The summed E-state index contributed by atoms with van der Waals surface area (Å²) in [6.45, 7) is 3.76. The molecule has 3 rings (SSSR count). The number of hydrogen-bond acceptors (Lipinski definition) is 8. The number of aromatic nitrogens is 4. The van der Waals surface area contributed by atoms with Crippen LogP contribution in [0.15, 0.2) is 30.9 Å². The number of carbonyl (C=O) groups excluding carboxylic acids is 1. The van der Waals surface area contributed by atoms with Crippen LogP contribution in [-0.4, -0.2) is 39.5 Å². The summed E-state index contributed by atoms with van der Waals surface area (Å²) >= 11 is 0. The van der Waals surface area contributed by atoms with Gasteiger partial charge in [-0.2, -0.15) is 5.10 Å². The van der Waals surface area contributed by atoms with Crippen molar-refractivity contribution in [3.05, 3.63) is 36.4 Å². The Bertz CT molecular complexity index is 891. The number of fused-ring (bicyclic) bond motifs is 1. The highest BCUT2D eigenvalue weighted by atomic mass is 16.7. The van der Waals surface area contributed by atoms with Gasteiger partial charge in [-0.1, -0.05) is 0 Å². The molecule has 9 heteroatoms. The second-order valence-corrected chi connectivity index (χ2v) is 5.02. The van der Waals surface area contributed by atoms with Gasteiger partial charge in [0.15, 0.2) is 11.6 Å². The topological polar surface area (TPSA) is 99.9 Å². The molecule has 0 atom stereocenters. The van der Waals surface area contributed by atoms with Crippen LogP contribution in [0.3, 0.4) is 0 Å². The summed E-state index contributed by atoms with van der Waals surface area (Å²) < 4.78 is 16.6. The molecule has 0 aliphatic carbocycles. The van der Waals surface area contributed by atoms with E-state index < -0.39 is 6.16 Å². The van der Waals surface area contributed by atoms with Crippen molar-refractivity contribution >= 4 is 23.2 Å². The number of pyridine rings is 1. The lowest BCUT2D eigenvalue weighted by molar-refractivity contribution is 0.104. The van der Waals surface area contributed by atoms with Crippen molar-refractivity contribution in [3.63, 3.8) is 0 Å². The Hall–Kier alpha value is -3.36. The average Bonchev–Trinajstić information content (AvgIpc) is 2.92. The minimum absolute atomic E-state index is 0.238. The molecule has 0 saturated heterocycles. The first-order valence-electron chi connectivity index (χ1n) is 7.57. The Morgan fingerprint density at radius 3 is 2.84 bits per heavy atom. The third kappa shape index (κ3) is 3.44. The molecule has 0 aliphatic heterocycles. The molecule has 3 aromatic rings. The summed E-state index contributed by atoms with van der Waals surface area (Å²) in [5.74, 6) is 1.43. The highest BCUT2D eigenvalue weighted by Gasteiger charge is 2.17. The van der Waals surface area contributed by atoms with Gasteiger partial charge in [0.1, 0.15) is 11.8 Å². The molecule has 130 valence electrons. The summed E-state index contributed by atoms with van der Waals surface area (Å²) in [5, 5.41) is 7.31. The van der Waals surface area contributed by atoms with Crippen molar-refractivity contribution in [1.82, 2.24) is 19.6 Å². The zero-order valence-electron chi connectivity index (χ0n) is 14.0. The first-order valence-corrected chi connectivity index (χ1v) is 7.57. The van der Waals surface area contributed by atoms with Crippen molar-refractivity contribution in [1.29, 1.82) is 0 Å². The molecular formula is C16H17N5O4. The summed E-state index contributed by atoms with van der Waals surface area (Å²) in [6, 6.07) is 3.56. The summed E-state index contributed by atoms with van der Waals surface area (Å²) in [7, 11) is 1.55. The van der Waals surface area contributed by atoms with Gasteiger partial charge in [0, 0.05) is 11.6 Å². The Labute approximate surface area is 143 Å². The second kappa shape index (κ2) is 7.04. The third-order valence-corrected chi connectivity index (χ3v) is 3.44. The van der Waals surface area contributed by atoms with Crippen molar-refractivity contribution in [2.75, 3.05) is 19.0 Å². The van der Waals surface area contributed by atoms with Gasteiger partial charge in [-0.05, 0) is 19.9 Å². The lowest BCUT2D eigenvalue weighted by Gasteiger charge is -2.08. The zero-order valence-corrected chi connectivity index (χ0v) is 14.0. The van der Waals surface area contributed by atoms with Gasteiger partial charge in [0.25, 0.3) is 0 Å². The molecule has 0 spiro atoms. The molecule has 9 nitrogen and oxygen atoms in total. The summed E-state index contributed by atoms with van der Waals surface area (Å²) in [5.41, 5.74) is 2.12. The van der Waals surface area contributed by atoms with Crippen molar-refractivity contribution in [2.24, 2.45) is 0 Å². The van der Waals surface area contributed by atoms with Crippen LogP contribution in [0, 0.1) is 6.92 Å². The largest absolute Gasteiger partial charge is 0.513 e. The lowest BCUT2D eigenvalue weighted by atomic mass is 10.3. The molecule has 0 fully saturated rings. The predicted octanol–water partition coefficient (Wildman–Crippen LogP) is 2.72. The van der Waals surface area contributed by atoms with Crippen LogP contribution in [0.25, 0.3) is 5.52 Å². The van der Waals surface area contributed by atoms with Gasteiger partial charge in [0.05, 0.1) is 31.8 Å². The fourth-order valence-electron chi connectivity index (χ4n) is 2.28. The van der Waals surface area contributed by atoms with Crippen LogP contribution >= 0.6 is 0 Å². The Morgan fingerprint density at radius 1 is 1.32 bits per heavy atom. The van der Waals surface area contributed by atoms with Gasteiger partial charge in [-0.25, -0.2) is 19.3 Å². The van der Waals surface area contributed by atoms with Crippen LogP contribution in [0.4, 0.5) is 16.3 Å². The van der Waals surface area contributed by atoms with Gasteiger partial charge in [0.2, 0.25) is 5.88 Å². The highest BCUT2D eigenvalue weighted by molar-refractivity contribution is 5.79. The van der Waals surface area contributed by atoms with Gasteiger partial charge >= 0.3 is 6.16 Å². The molecular weight excluding hydrogens is 326 g/mol. The number of aryl methyl sites for hydroxylation is 1. The van der Waals surface area contributed by atoms with Gasteiger partial charge < -0.3 is 19.5 Å². The number of methoxy groups -OCH3 is 1.